The molecule has 0 heteroatoms. The number of hydrogen-bond acceptors (Lipinski definition) is 0. The zero-order chi connectivity index (χ0) is 27.6. The van der Waals surface area contributed by atoms with E-state index in [1.807, 2.05) is 0 Å². The van der Waals surface area contributed by atoms with Gasteiger partial charge in [-0.25, -0.2) is 0 Å². The molecule has 0 saturated heterocycles. The summed E-state index contributed by atoms with van der Waals surface area (Å²) < 4.78 is 0. The summed E-state index contributed by atoms with van der Waals surface area (Å²) >= 11 is 0. The van der Waals surface area contributed by atoms with E-state index in [-0.39, 0.29) is 0 Å². The van der Waals surface area contributed by atoms with Crippen LogP contribution in [-0.2, 0) is 0 Å². The van der Waals surface area contributed by atoms with Crippen LogP contribution in [-0.4, -0.2) is 0 Å². The molecule has 0 nitrogen and oxygen atoms in total. The van der Waals surface area contributed by atoms with Gasteiger partial charge in [0.1, 0.15) is 0 Å². The van der Waals surface area contributed by atoms with Gasteiger partial charge in [-0.3, -0.25) is 0 Å². The molecule has 0 fully saturated rings. The van der Waals surface area contributed by atoms with Crippen molar-refractivity contribution in [2.24, 2.45) is 0 Å². The molecule has 0 saturated carbocycles. The van der Waals surface area contributed by atoms with Gasteiger partial charge in [-0.2, -0.15) is 0 Å². The standard InChI is InChI=1S/C42H26/c1-2-12-30-29(11-1)31-13-3-5-17-35(31)39-23-21-27(25-41(39)37-19-9-7-15-33(30)37)28-22-24-40-36-18-6-4-14-32(36)34-16-8-10-20-38(34)42(40)26-28/h1-26H. The second-order valence-electron chi connectivity index (χ2n) is 11.2. The molecule has 8 aromatic rings. The van der Waals surface area contributed by atoms with E-state index in [9.17, 15) is 0 Å². The maximum absolute atomic E-state index is 2.41. The molecule has 0 spiro atoms. The van der Waals surface area contributed by atoms with Crippen molar-refractivity contribution in [3.05, 3.63) is 158 Å². The van der Waals surface area contributed by atoms with E-state index < -0.39 is 0 Å². The smallest absolute Gasteiger partial charge is 0.00928 e. The van der Waals surface area contributed by atoms with Gasteiger partial charge in [-0.15, -0.1) is 0 Å². The van der Waals surface area contributed by atoms with Crippen molar-refractivity contribution in [2.75, 3.05) is 0 Å². The third-order valence-corrected chi connectivity index (χ3v) is 9.04. The molecule has 0 unspecified atom stereocenters. The molecule has 1 aliphatic rings. The highest BCUT2D eigenvalue weighted by Crippen LogP contribution is 2.48. The summed E-state index contributed by atoms with van der Waals surface area (Å²) in [6.45, 7) is 0. The third kappa shape index (κ3) is 3.36. The van der Waals surface area contributed by atoms with Crippen molar-refractivity contribution >= 4 is 32.3 Å². The molecular formula is C42H26. The minimum absolute atomic E-state index is 1.23. The molecular weight excluding hydrogens is 504 g/mol. The van der Waals surface area contributed by atoms with Gasteiger partial charge in [0.15, 0.2) is 0 Å². The van der Waals surface area contributed by atoms with E-state index in [4.69, 9.17) is 0 Å². The molecule has 1 aliphatic carbocycles. The topological polar surface area (TPSA) is 0 Å². The monoisotopic (exact) mass is 530 g/mol. The van der Waals surface area contributed by atoms with Gasteiger partial charge in [0.05, 0.1) is 0 Å². The fourth-order valence-electron chi connectivity index (χ4n) is 7.13. The number of rotatable bonds is 1. The van der Waals surface area contributed by atoms with Crippen molar-refractivity contribution < 1.29 is 0 Å². The first kappa shape index (κ1) is 23.3. The molecule has 0 N–H and O–H groups in total. The van der Waals surface area contributed by atoms with Crippen LogP contribution in [0.3, 0.4) is 0 Å². The Labute approximate surface area is 245 Å². The highest BCUT2D eigenvalue weighted by Gasteiger charge is 2.22. The van der Waals surface area contributed by atoms with E-state index in [1.54, 1.807) is 0 Å². The van der Waals surface area contributed by atoms with E-state index in [1.165, 1.54) is 88.0 Å². The Balaban J connectivity index is 1.33. The fraction of sp³-hybridized carbons (Fsp3) is 0. The van der Waals surface area contributed by atoms with Crippen LogP contribution in [0.15, 0.2) is 158 Å². The van der Waals surface area contributed by atoms with Crippen LogP contribution < -0.4 is 0 Å². The maximum atomic E-state index is 2.41. The normalized spacial score (nSPS) is 11.8. The van der Waals surface area contributed by atoms with Crippen LogP contribution in [0.4, 0.5) is 0 Å². The van der Waals surface area contributed by atoms with Crippen LogP contribution in [0.25, 0.3) is 88.0 Å². The fourth-order valence-corrected chi connectivity index (χ4v) is 7.13. The lowest BCUT2D eigenvalue weighted by molar-refractivity contribution is 1.52. The van der Waals surface area contributed by atoms with E-state index in [0.717, 1.165) is 0 Å². The number of hydrogen-bond donors (Lipinski definition) is 0. The molecule has 194 valence electrons. The van der Waals surface area contributed by atoms with Crippen molar-refractivity contribution in [1.82, 2.24) is 0 Å². The summed E-state index contributed by atoms with van der Waals surface area (Å²) in [6, 6.07) is 58.2. The second-order valence-corrected chi connectivity index (χ2v) is 11.2. The van der Waals surface area contributed by atoms with E-state index >= 15 is 0 Å². The van der Waals surface area contributed by atoms with Gasteiger partial charge in [-0.1, -0.05) is 146 Å². The highest BCUT2D eigenvalue weighted by atomic mass is 14.2. The average Bonchev–Trinajstić information content (AvgIpc) is 3.07. The molecule has 0 bridgehead atoms. The van der Waals surface area contributed by atoms with E-state index in [0.29, 0.717) is 0 Å². The van der Waals surface area contributed by atoms with Crippen molar-refractivity contribution in [3.63, 3.8) is 0 Å². The second kappa shape index (κ2) is 9.03. The van der Waals surface area contributed by atoms with Crippen molar-refractivity contribution in [2.45, 2.75) is 0 Å². The SMILES string of the molecule is c1ccc2c(c1)-c1ccccc1-c1ccc(-c3ccc4c5ccccc5c5ccccc5c4c3)cc1-c1ccccc1-2. The number of fused-ring (bicyclic) bond motifs is 14. The zero-order valence-electron chi connectivity index (χ0n) is 23.0. The van der Waals surface area contributed by atoms with Crippen LogP contribution in [0.2, 0.25) is 0 Å². The molecule has 0 aromatic heterocycles. The molecule has 0 atom stereocenters. The van der Waals surface area contributed by atoms with Crippen LogP contribution in [0.1, 0.15) is 0 Å². The summed E-state index contributed by atoms with van der Waals surface area (Å²) in [5.41, 5.74) is 12.7. The Morgan fingerprint density at radius 3 is 0.976 bits per heavy atom. The Morgan fingerprint density at radius 1 is 0.190 bits per heavy atom. The summed E-state index contributed by atoms with van der Waals surface area (Å²) in [5, 5.41) is 7.82. The quantitative estimate of drug-likeness (QED) is 0.185. The van der Waals surface area contributed by atoms with Gasteiger partial charge < -0.3 is 0 Å². The van der Waals surface area contributed by atoms with Crippen molar-refractivity contribution in [3.8, 4) is 55.6 Å². The summed E-state index contributed by atoms with van der Waals surface area (Å²) in [4.78, 5) is 0. The Bertz CT molecular complexity index is 2310. The first-order valence-electron chi connectivity index (χ1n) is 14.6. The molecule has 42 heavy (non-hydrogen) atoms. The van der Waals surface area contributed by atoms with Crippen LogP contribution in [0, 0.1) is 0 Å². The molecule has 8 aromatic carbocycles. The Kier molecular flexibility index (Phi) is 5.00. The Hall–Kier alpha value is -5.46. The summed E-state index contributed by atoms with van der Waals surface area (Å²) in [6.07, 6.45) is 0. The van der Waals surface area contributed by atoms with Crippen molar-refractivity contribution in [1.29, 1.82) is 0 Å². The molecule has 9 rings (SSSR count). The van der Waals surface area contributed by atoms with Crippen LogP contribution in [0.5, 0.6) is 0 Å². The van der Waals surface area contributed by atoms with Gasteiger partial charge in [0, 0.05) is 0 Å². The van der Waals surface area contributed by atoms with E-state index in [2.05, 4.69) is 158 Å². The minimum Gasteiger partial charge on any atom is -0.0616 e. The minimum atomic E-state index is 1.23. The summed E-state index contributed by atoms with van der Waals surface area (Å²) in [5.74, 6) is 0. The maximum Gasteiger partial charge on any atom is -0.00928 e. The van der Waals surface area contributed by atoms with Gasteiger partial charge in [0.25, 0.3) is 0 Å². The number of benzene rings is 8. The summed E-state index contributed by atoms with van der Waals surface area (Å²) in [7, 11) is 0. The largest absolute Gasteiger partial charge is 0.0616 e. The average molecular weight is 531 g/mol. The van der Waals surface area contributed by atoms with Crippen LogP contribution >= 0.6 is 0 Å². The van der Waals surface area contributed by atoms with Gasteiger partial charge in [0.2, 0.25) is 0 Å². The lowest BCUT2D eigenvalue weighted by Gasteiger charge is -2.23. The molecule has 0 amide bonds. The lowest BCUT2D eigenvalue weighted by Crippen LogP contribution is -1.97. The molecule has 0 heterocycles. The van der Waals surface area contributed by atoms with Gasteiger partial charge in [-0.05, 0) is 100 Å². The first-order valence-corrected chi connectivity index (χ1v) is 14.6. The third-order valence-electron chi connectivity index (χ3n) is 9.04. The molecule has 0 aliphatic heterocycles. The Morgan fingerprint density at radius 2 is 0.500 bits per heavy atom. The predicted molar refractivity (Wildman–Crippen MR) is 180 cm³/mol. The predicted octanol–water partition coefficient (Wildman–Crippen LogP) is 11.8. The molecule has 0 radical (unpaired) electrons. The highest BCUT2D eigenvalue weighted by molar-refractivity contribution is 6.25. The van der Waals surface area contributed by atoms with Gasteiger partial charge >= 0.3 is 0 Å². The lowest BCUT2D eigenvalue weighted by atomic mass is 9.80. The zero-order valence-corrected chi connectivity index (χ0v) is 23.0. The first-order chi connectivity index (χ1) is 20.8.